The maximum atomic E-state index is 11.5. The van der Waals surface area contributed by atoms with Crippen molar-refractivity contribution in [1.29, 1.82) is 0 Å². The van der Waals surface area contributed by atoms with Gasteiger partial charge < -0.3 is 9.47 Å². The fraction of sp³-hybridized carbons (Fsp3) is 0.250. The quantitative estimate of drug-likeness (QED) is 0.118. The van der Waals surface area contributed by atoms with Crippen LogP contribution in [0.3, 0.4) is 0 Å². The normalized spacial score (nSPS) is 10.4. The Balaban J connectivity index is 1.58. The lowest BCUT2D eigenvalue weighted by Gasteiger charge is -2.06. The third kappa shape index (κ3) is 9.72. The molecule has 31 heavy (non-hydrogen) atoms. The van der Waals surface area contributed by atoms with Gasteiger partial charge in [0.2, 0.25) is 0 Å². The predicted octanol–water partition coefficient (Wildman–Crippen LogP) is 6.27. The fourth-order valence-electron chi connectivity index (χ4n) is 2.14. The lowest BCUT2D eigenvalue weighted by molar-refractivity contribution is -0.130. The van der Waals surface area contributed by atoms with Crippen LogP contribution >= 0.6 is 35.3 Å². The Labute approximate surface area is 196 Å². The lowest BCUT2D eigenvalue weighted by Crippen LogP contribution is -2.07. The number of esters is 2. The minimum atomic E-state index is -0.406. The van der Waals surface area contributed by atoms with E-state index in [1.165, 1.54) is 0 Å². The maximum Gasteiger partial charge on any atom is 0.338 e. The molecule has 0 unspecified atom stereocenters. The van der Waals surface area contributed by atoms with Gasteiger partial charge in [-0.15, -0.1) is 23.5 Å². The van der Waals surface area contributed by atoms with E-state index in [1.807, 2.05) is 36.0 Å². The van der Waals surface area contributed by atoms with Crippen molar-refractivity contribution in [2.24, 2.45) is 0 Å². The first-order valence-corrected chi connectivity index (χ1v) is 12.8. The summed E-state index contributed by atoms with van der Waals surface area (Å²) in [6.07, 6.45) is 0. The number of carbonyl (C=O) groups excluding carboxylic acids is 2. The molecule has 164 valence electrons. The Bertz CT molecular complexity index is 830. The molecule has 0 bridgehead atoms. The lowest BCUT2D eigenvalue weighted by atomic mass is 10.3. The van der Waals surface area contributed by atoms with Gasteiger partial charge in [0.15, 0.2) is 0 Å². The molecule has 0 spiro atoms. The van der Waals surface area contributed by atoms with Gasteiger partial charge in [-0.1, -0.05) is 13.2 Å². The largest absolute Gasteiger partial charge is 0.423 e. The molecule has 7 heteroatoms. The van der Waals surface area contributed by atoms with Crippen LogP contribution in [0.1, 0.15) is 13.8 Å². The zero-order valence-corrected chi connectivity index (χ0v) is 20.2. The maximum absolute atomic E-state index is 11.5. The molecular weight excluding hydrogens is 448 g/mol. The van der Waals surface area contributed by atoms with E-state index in [2.05, 4.69) is 13.2 Å². The van der Waals surface area contributed by atoms with E-state index in [1.54, 1.807) is 61.6 Å². The number of hydrogen-bond acceptors (Lipinski definition) is 7. The van der Waals surface area contributed by atoms with E-state index in [0.717, 1.165) is 32.8 Å². The molecule has 0 aliphatic rings. The van der Waals surface area contributed by atoms with Crippen LogP contribution in [-0.2, 0) is 9.59 Å². The van der Waals surface area contributed by atoms with Gasteiger partial charge in [-0.05, 0) is 62.4 Å². The summed E-state index contributed by atoms with van der Waals surface area (Å²) in [5.41, 5.74) is 0.768. The van der Waals surface area contributed by atoms with Gasteiger partial charge in [-0.25, -0.2) is 9.59 Å². The topological polar surface area (TPSA) is 52.6 Å². The average molecular weight is 475 g/mol. The van der Waals surface area contributed by atoms with Crippen LogP contribution in [0.2, 0.25) is 0 Å². The predicted molar refractivity (Wildman–Crippen MR) is 133 cm³/mol. The van der Waals surface area contributed by atoms with Crippen molar-refractivity contribution in [2.75, 3.05) is 23.0 Å². The molecule has 0 aliphatic heterocycles. The second kappa shape index (κ2) is 13.3. The molecule has 0 radical (unpaired) electrons. The van der Waals surface area contributed by atoms with Gasteiger partial charge in [0, 0.05) is 43.9 Å². The molecule has 2 aromatic rings. The van der Waals surface area contributed by atoms with Crippen LogP contribution in [0.4, 0.5) is 0 Å². The minimum Gasteiger partial charge on any atom is -0.423 e. The SMILES string of the molecule is C=C(C)C(=O)Oc1ccc(SCCSCCSc2ccc(OC(=O)C(=C)C)cc2)cc1. The third-order valence-corrected chi connectivity index (χ3v) is 7.29. The third-order valence-electron chi connectivity index (χ3n) is 3.76. The summed E-state index contributed by atoms with van der Waals surface area (Å²) < 4.78 is 10.4. The van der Waals surface area contributed by atoms with E-state index in [4.69, 9.17) is 9.47 Å². The highest BCUT2D eigenvalue weighted by atomic mass is 32.2. The number of benzene rings is 2. The Kier molecular flexibility index (Phi) is 10.8. The summed E-state index contributed by atoms with van der Waals surface area (Å²) in [6.45, 7) is 10.4. The van der Waals surface area contributed by atoms with Crippen molar-refractivity contribution < 1.29 is 19.1 Å². The second-order valence-electron chi connectivity index (χ2n) is 6.59. The monoisotopic (exact) mass is 474 g/mol. The van der Waals surface area contributed by atoms with Crippen molar-refractivity contribution in [3.05, 3.63) is 72.8 Å². The molecule has 0 aliphatic carbocycles. The summed E-state index contributed by atoms with van der Waals surface area (Å²) in [5, 5.41) is 0. The Hall–Kier alpha value is -2.09. The summed E-state index contributed by atoms with van der Waals surface area (Å²) >= 11 is 5.49. The first kappa shape index (κ1) is 25.2. The van der Waals surface area contributed by atoms with Crippen molar-refractivity contribution in [2.45, 2.75) is 23.6 Å². The Morgan fingerprint density at radius 2 is 1.03 bits per heavy atom. The van der Waals surface area contributed by atoms with Crippen LogP contribution in [0, 0.1) is 0 Å². The number of hydrogen-bond donors (Lipinski definition) is 0. The highest BCUT2D eigenvalue weighted by Crippen LogP contribution is 2.25. The highest BCUT2D eigenvalue weighted by molar-refractivity contribution is 8.04. The molecule has 0 amide bonds. The van der Waals surface area contributed by atoms with E-state index >= 15 is 0 Å². The molecular formula is C24H26O4S3. The minimum absolute atomic E-state index is 0.384. The number of carbonyl (C=O) groups is 2. The van der Waals surface area contributed by atoms with Crippen molar-refractivity contribution in [3.8, 4) is 11.5 Å². The van der Waals surface area contributed by atoms with E-state index in [0.29, 0.717) is 22.6 Å². The molecule has 0 N–H and O–H groups in total. The first-order valence-electron chi connectivity index (χ1n) is 9.64. The van der Waals surface area contributed by atoms with Crippen LogP contribution in [0.25, 0.3) is 0 Å². The second-order valence-corrected chi connectivity index (χ2v) is 10.2. The zero-order chi connectivity index (χ0) is 22.6. The van der Waals surface area contributed by atoms with Gasteiger partial charge in [0.05, 0.1) is 0 Å². The molecule has 0 saturated heterocycles. The van der Waals surface area contributed by atoms with Crippen molar-refractivity contribution in [1.82, 2.24) is 0 Å². The van der Waals surface area contributed by atoms with Gasteiger partial charge in [0.25, 0.3) is 0 Å². The van der Waals surface area contributed by atoms with E-state index < -0.39 is 11.9 Å². The highest BCUT2D eigenvalue weighted by Gasteiger charge is 2.06. The number of rotatable bonds is 12. The Morgan fingerprint density at radius 1 is 0.677 bits per heavy atom. The van der Waals surface area contributed by atoms with Gasteiger partial charge in [-0.2, -0.15) is 11.8 Å². The molecule has 0 fully saturated rings. The first-order chi connectivity index (χ1) is 14.8. The van der Waals surface area contributed by atoms with E-state index in [-0.39, 0.29) is 0 Å². The van der Waals surface area contributed by atoms with Crippen molar-refractivity contribution in [3.63, 3.8) is 0 Å². The number of ether oxygens (including phenoxy) is 2. The Morgan fingerprint density at radius 3 is 1.35 bits per heavy atom. The van der Waals surface area contributed by atoms with Crippen LogP contribution in [0.5, 0.6) is 11.5 Å². The molecule has 0 heterocycles. The number of thioether (sulfide) groups is 3. The molecule has 2 aromatic carbocycles. The molecule has 0 saturated carbocycles. The van der Waals surface area contributed by atoms with Crippen LogP contribution < -0.4 is 9.47 Å². The molecule has 0 aromatic heterocycles. The van der Waals surface area contributed by atoms with Gasteiger partial charge in [0.1, 0.15) is 11.5 Å². The van der Waals surface area contributed by atoms with Crippen molar-refractivity contribution >= 4 is 47.2 Å². The fourth-order valence-corrected chi connectivity index (χ4v) is 5.08. The van der Waals surface area contributed by atoms with Gasteiger partial charge in [-0.3, -0.25) is 0 Å². The summed E-state index contributed by atoms with van der Waals surface area (Å²) in [7, 11) is 0. The van der Waals surface area contributed by atoms with Crippen LogP contribution in [-0.4, -0.2) is 35.0 Å². The summed E-state index contributed by atoms with van der Waals surface area (Å²) in [6, 6.07) is 15.1. The standard InChI is InChI=1S/C24H26O4S3/c1-17(2)23(25)27-19-5-9-21(10-6-19)30-15-13-29-14-16-31-22-11-7-20(8-12-22)28-24(26)18(3)4/h5-12H,1,3,13-16H2,2,4H3. The van der Waals surface area contributed by atoms with Gasteiger partial charge >= 0.3 is 11.9 Å². The van der Waals surface area contributed by atoms with Crippen LogP contribution in [0.15, 0.2) is 82.6 Å². The summed E-state index contributed by atoms with van der Waals surface area (Å²) in [5.74, 6) is 4.41. The average Bonchev–Trinajstić information content (AvgIpc) is 2.75. The smallest absolute Gasteiger partial charge is 0.338 e. The summed E-state index contributed by atoms with van der Waals surface area (Å²) in [4.78, 5) is 25.3. The molecule has 2 rings (SSSR count). The van der Waals surface area contributed by atoms with E-state index in [9.17, 15) is 9.59 Å². The molecule has 4 nitrogen and oxygen atoms in total. The molecule has 0 atom stereocenters. The zero-order valence-electron chi connectivity index (χ0n) is 17.7.